The Kier molecular flexibility index (Phi) is 4.39. The van der Waals surface area contributed by atoms with Gasteiger partial charge >= 0.3 is 5.97 Å². The first-order chi connectivity index (χ1) is 6.65. The maximum absolute atomic E-state index is 10.8. The van der Waals surface area contributed by atoms with E-state index in [1.54, 1.807) is 6.92 Å². The third-order valence-electron chi connectivity index (χ3n) is 3.12. The fourth-order valence-corrected chi connectivity index (χ4v) is 2.09. The lowest BCUT2D eigenvalue weighted by Crippen LogP contribution is -2.32. The van der Waals surface area contributed by atoms with Crippen molar-refractivity contribution in [3.8, 4) is 0 Å². The Morgan fingerprint density at radius 3 is 2.93 bits per heavy atom. The summed E-state index contributed by atoms with van der Waals surface area (Å²) in [6, 6.07) is 0. The molecule has 3 nitrogen and oxygen atoms in total. The van der Waals surface area contributed by atoms with Crippen LogP contribution in [-0.2, 0) is 9.53 Å². The van der Waals surface area contributed by atoms with Gasteiger partial charge in [0.2, 0.25) is 0 Å². The van der Waals surface area contributed by atoms with Gasteiger partial charge in [-0.1, -0.05) is 20.3 Å². The molecule has 0 saturated carbocycles. The van der Waals surface area contributed by atoms with E-state index in [0.29, 0.717) is 12.0 Å². The third kappa shape index (κ3) is 2.98. The Morgan fingerprint density at radius 1 is 1.64 bits per heavy atom. The van der Waals surface area contributed by atoms with Gasteiger partial charge in [-0.25, -0.2) is 0 Å². The van der Waals surface area contributed by atoms with E-state index >= 15 is 0 Å². The summed E-state index contributed by atoms with van der Waals surface area (Å²) >= 11 is 0. The van der Waals surface area contributed by atoms with Gasteiger partial charge < -0.3 is 9.84 Å². The average molecular weight is 200 g/mol. The average Bonchev–Trinajstić information content (AvgIpc) is 2.17. The molecule has 1 heterocycles. The van der Waals surface area contributed by atoms with Crippen LogP contribution in [0.3, 0.4) is 0 Å². The van der Waals surface area contributed by atoms with Gasteiger partial charge in [0.1, 0.15) is 0 Å². The van der Waals surface area contributed by atoms with Gasteiger partial charge in [-0.05, 0) is 25.2 Å². The van der Waals surface area contributed by atoms with Gasteiger partial charge in [0, 0.05) is 6.61 Å². The summed E-state index contributed by atoms with van der Waals surface area (Å²) in [6.45, 7) is 4.67. The summed E-state index contributed by atoms with van der Waals surface area (Å²) in [5, 5.41) is 8.91. The molecule has 82 valence electrons. The van der Waals surface area contributed by atoms with Crippen molar-refractivity contribution in [2.75, 3.05) is 6.61 Å². The molecule has 14 heavy (non-hydrogen) atoms. The van der Waals surface area contributed by atoms with Gasteiger partial charge in [-0.3, -0.25) is 4.79 Å². The van der Waals surface area contributed by atoms with Gasteiger partial charge in [-0.15, -0.1) is 0 Å². The molecule has 3 unspecified atom stereocenters. The molecular weight excluding hydrogens is 180 g/mol. The van der Waals surface area contributed by atoms with Crippen molar-refractivity contribution < 1.29 is 14.6 Å². The molecule has 0 radical (unpaired) electrons. The molecule has 0 aromatic rings. The first-order valence-corrected chi connectivity index (χ1v) is 5.49. The summed E-state index contributed by atoms with van der Waals surface area (Å²) in [7, 11) is 0. The summed E-state index contributed by atoms with van der Waals surface area (Å²) in [6.07, 6.45) is 4.27. The van der Waals surface area contributed by atoms with Crippen molar-refractivity contribution >= 4 is 5.97 Å². The standard InChI is InChI=1S/C11H20O3/c1-3-4-10-7-9(5-6-14-10)8(2)11(12)13/h8-10H,3-7H2,1-2H3,(H,12,13). The molecule has 1 fully saturated rings. The molecule has 3 heteroatoms. The second-order valence-corrected chi connectivity index (χ2v) is 4.19. The maximum atomic E-state index is 10.8. The van der Waals surface area contributed by atoms with Crippen LogP contribution in [0, 0.1) is 11.8 Å². The molecule has 0 aromatic carbocycles. The highest BCUT2D eigenvalue weighted by Crippen LogP contribution is 2.29. The van der Waals surface area contributed by atoms with Crippen LogP contribution in [-0.4, -0.2) is 23.8 Å². The molecule has 1 rings (SSSR count). The van der Waals surface area contributed by atoms with E-state index < -0.39 is 5.97 Å². The number of carboxylic acid groups (broad SMARTS) is 1. The minimum atomic E-state index is -0.674. The number of carbonyl (C=O) groups is 1. The van der Waals surface area contributed by atoms with Crippen molar-refractivity contribution in [2.45, 2.75) is 45.6 Å². The SMILES string of the molecule is CCCC1CC(C(C)C(=O)O)CCO1. The molecule has 1 aliphatic rings. The zero-order chi connectivity index (χ0) is 10.6. The third-order valence-corrected chi connectivity index (χ3v) is 3.12. The second kappa shape index (κ2) is 5.35. The smallest absolute Gasteiger partial charge is 0.306 e. The molecule has 0 aromatic heterocycles. The first-order valence-electron chi connectivity index (χ1n) is 5.49. The largest absolute Gasteiger partial charge is 0.481 e. The van der Waals surface area contributed by atoms with Crippen molar-refractivity contribution in [2.24, 2.45) is 11.8 Å². The van der Waals surface area contributed by atoms with Crippen LogP contribution in [0.4, 0.5) is 0 Å². The highest BCUT2D eigenvalue weighted by atomic mass is 16.5. The Balaban J connectivity index is 2.43. The molecule has 0 amide bonds. The lowest BCUT2D eigenvalue weighted by atomic mass is 9.84. The minimum absolute atomic E-state index is 0.224. The molecule has 3 atom stereocenters. The second-order valence-electron chi connectivity index (χ2n) is 4.19. The normalized spacial score (nSPS) is 29.9. The Labute approximate surface area is 85.5 Å². The van der Waals surface area contributed by atoms with Gasteiger partial charge in [0.15, 0.2) is 0 Å². The zero-order valence-electron chi connectivity index (χ0n) is 9.03. The Morgan fingerprint density at radius 2 is 2.36 bits per heavy atom. The fraction of sp³-hybridized carbons (Fsp3) is 0.909. The predicted molar refractivity (Wildman–Crippen MR) is 54.2 cm³/mol. The van der Waals surface area contributed by atoms with E-state index in [1.165, 1.54) is 0 Å². The van der Waals surface area contributed by atoms with E-state index in [-0.39, 0.29) is 5.92 Å². The van der Waals surface area contributed by atoms with Gasteiger partial charge in [0.25, 0.3) is 0 Å². The van der Waals surface area contributed by atoms with E-state index in [1.807, 2.05) is 0 Å². The highest BCUT2D eigenvalue weighted by molar-refractivity contribution is 5.69. The van der Waals surface area contributed by atoms with Crippen molar-refractivity contribution in [1.29, 1.82) is 0 Å². The fourth-order valence-electron chi connectivity index (χ4n) is 2.09. The summed E-state index contributed by atoms with van der Waals surface area (Å²) < 4.78 is 5.59. The van der Waals surface area contributed by atoms with E-state index in [0.717, 1.165) is 32.3 Å². The highest BCUT2D eigenvalue weighted by Gasteiger charge is 2.29. The number of aliphatic carboxylic acids is 1. The maximum Gasteiger partial charge on any atom is 0.306 e. The molecule has 0 bridgehead atoms. The number of hydrogen-bond donors (Lipinski definition) is 1. The van der Waals surface area contributed by atoms with Crippen LogP contribution in [0.1, 0.15) is 39.5 Å². The van der Waals surface area contributed by atoms with Crippen molar-refractivity contribution in [3.05, 3.63) is 0 Å². The Bertz CT molecular complexity index is 189. The molecule has 1 N–H and O–H groups in total. The quantitative estimate of drug-likeness (QED) is 0.757. The topological polar surface area (TPSA) is 46.5 Å². The molecule has 1 saturated heterocycles. The van der Waals surface area contributed by atoms with Crippen molar-refractivity contribution in [3.63, 3.8) is 0 Å². The molecular formula is C11H20O3. The number of rotatable bonds is 4. The van der Waals surface area contributed by atoms with Crippen LogP contribution in [0.2, 0.25) is 0 Å². The summed E-state index contributed by atoms with van der Waals surface area (Å²) in [5.74, 6) is -0.594. The van der Waals surface area contributed by atoms with Crippen molar-refractivity contribution in [1.82, 2.24) is 0 Å². The Hall–Kier alpha value is -0.570. The van der Waals surface area contributed by atoms with Crippen LogP contribution in [0.5, 0.6) is 0 Å². The lowest BCUT2D eigenvalue weighted by molar-refractivity contribution is -0.145. The summed E-state index contributed by atoms with van der Waals surface area (Å²) in [5.41, 5.74) is 0. The summed E-state index contributed by atoms with van der Waals surface area (Å²) in [4.78, 5) is 10.8. The minimum Gasteiger partial charge on any atom is -0.481 e. The predicted octanol–water partition coefficient (Wildman–Crippen LogP) is 2.30. The van der Waals surface area contributed by atoms with Gasteiger partial charge in [0.05, 0.1) is 12.0 Å². The molecule has 1 aliphatic heterocycles. The monoisotopic (exact) mass is 200 g/mol. The van der Waals surface area contributed by atoms with E-state index in [2.05, 4.69) is 6.92 Å². The van der Waals surface area contributed by atoms with Gasteiger partial charge in [-0.2, -0.15) is 0 Å². The first kappa shape index (κ1) is 11.5. The van der Waals surface area contributed by atoms with Crippen LogP contribution in [0.25, 0.3) is 0 Å². The van der Waals surface area contributed by atoms with Crippen LogP contribution in [0.15, 0.2) is 0 Å². The molecule has 0 aliphatic carbocycles. The lowest BCUT2D eigenvalue weighted by Gasteiger charge is -2.31. The van der Waals surface area contributed by atoms with E-state index in [9.17, 15) is 4.79 Å². The number of hydrogen-bond acceptors (Lipinski definition) is 2. The van der Waals surface area contributed by atoms with Crippen LogP contribution < -0.4 is 0 Å². The molecule has 0 spiro atoms. The number of carboxylic acids is 1. The van der Waals surface area contributed by atoms with E-state index in [4.69, 9.17) is 9.84 Å². The number of ether oxygens (including phenoxy) is 1. The van der Waals surface area contributed by atoms with Crippen LogP contribution >= 0.6 is 0 Å². The zero-order valence-corrected chi connectivity index (χ0v) is 9.03.